The van der Waals surface area contributed by atoms with Gasteiger partial charge in [-0.15, -0.1) is 11.3 Å². The molecule has 0 aliphatic heterocycles. The number of halogens is 1. The average molecular weight is 333 g/mol. The van der Waals surface area contributed by atoms with Crippen LogP contribution in [0.3, 0.4) is 0 Å². The predicted molar refractivity (Wildman–Crippen MR) is 76.1 cm³/mol. The number of sulfonamides is 1. The molecule has 106 valence electrons. The Bertz CT molecular complexity index is 770. The van der Waals surface area contributed by atoms with E-state index in [0.717, 1.165) is 11.3 Å². The first-order chi connectivity index (χ1) is 9.29. The molecule has 2 N–H and O–H groups in total. The minimum absolute atomic E-state index is 0.0151. The number of thiazole rings is 1. The zero-order valence-electron chi connectivity index (χ0n) is 10.1. The van der Waals surface area contributed by atoms with Gasteiger partial charge in [-0.05, 0) is 25.1 Å². The molecule has 0 saturated carbocycles. The molecule has 2 aromatic rings. The fourth-order valence-corrected chi connectivity index (χ4v) is 3.80. The fourth-order valence-electron chi connectivity index (χ4n) is 1.44. The van der Waals surface area contributed by atoms with Gasteiger partial charge < -0.3 is 5.11 Å². The smallest absolute Gasteiger partial charge is 0.337 e. The SMILES string of the molecule is Cc1ncc(S(=O)(=O)Nc2ccc(Cl)cc2C(=O)O)s1. The highest BCUT2D eigenvalue weighted by Gasteiger charge is 2.20. The lowest BCUT2D eigenvalue weighted by Crippen LogP contribution is -2.14. The summed E-state index contributed by atoms with van der Waals surface area (Å²) in [7, 11) is -3.86. The highest BCUT2D eigenvalue weighted by atomic mass is 35.5. The van der Waals surface area contributed by atoms with Crippen molar-refractivity contribution in [3.05, 3.63) is 40.0 Å². The third-order valence-corrected chi connectivity index (χ3v) is 5.30. The molecular weight excluding hydrogens is 324 g/mol. The second-order valence-electron chi connectivity index (χ2n) is 3.80. The molecule has 0 radical (unpaired) electrons. The average Bonchev–Trinajstić information content (AvgIpc) is 2.78. The van der Waals surface area contributed by atoms with Crippen LogP contribution >= 0.6 is 22.9 Å². The van der Waals surface area contributed by atoms with Crippen molar-refractivity contribution >= 4 is 44.6 Å². The number of nitrogens with one attached hydrogen (secondary N) is 1. The minimum atomic E-state index is -3.86. The summed E-state index contributed by atoms with van der Waals surface area (Å²) in [6, 6.07) is 3.89. The Kier molecular flexibility index (Phi) is 3.98. The second kappa shape index (κ2) is 5.39. The number of hydrogen-bond acceptors (Lipinski definition) is 5. The largest absolute Gasteiger partial charge is 0.478 e. The van der Waals surface area contributed by atoms with Crippen LogP contribution in [-0.2, 0) is 10.0 Å². The quantitative estimate of drug-likeness (QED) is 0.897. The van der Waals surface area contributed by atoms with Crippen LogP contribution in [0.5, 0.6) is 0 Å². The summed E-state index contributed by atoms with van der Waals surface area (Å²) in [6.07, 6.45) is 1.22. The molecule has 0 atom stereocenters. The summed E-state index contributed by atoms with van der Waals surface area (Å²) in [5, 5.41) is 9.86. The van der Waals surface area contributed by atoms with Crippen molar-refractivity contribution in [1.82, 2.24) is 4.98 Å². The third-order valence-electron chi connectivity index (χ3n) is 2.32. The van der Waals surface area contributed by atoms with Crippen LogP contribution in [0, 0.1) is 6.92 Å². The molecule has 0 amide bonds. The van der Waals surface area contributed by atoms with Crippen molar-refractivity contribution in [2.75, 3.05) is 4.72 Å². The molecule has 0 bridgehead atoms. The molecule has 1 aromatic heterocycles. The van der Waals surface area contributed by atoms with E-state index in [1.165, 1.54) is 24.4 Å². The summed E-state index contributed by atoms with van der Waals surface area (Å²) in [4.78, 5) is 15.0. The number of anilines is 1. The minimum Gasteiger partial charge on any atom is -0.478 e. The lowest BCUT2D eigenvalue weighted by Gasteiger charge is -2.09. The van der Waals surface area contributed by atoms with E-state index in [4.69, 9.17) is 16.7 Å². The first-order valence-electron chi connectivity index (χ1n) is 5.28. The number of nitrogens with zero attached hydrogens (tertiary/aromatic N) is 1. The van der Waals surface area contributed by atoms with E-state index in [9.17, 15) is 13.2 Å². The third kappa shape index (κ3) is 3.09. The van der Waals surface area contributed by atoms with Gasteiger partial charge in [-0.2, -0.15) is 0 Å². The van der Waals surface area contributed by atoms with Crippen molar-refractivity contribution in [2.24, 2.45) is 0 Å². The Hall–Kier alpha value is -1.64. The molecule has 1 aromatic carbocycles. The van der Waals surface area contributed by atoms with E-state index in [0.29, 0.717) is 5.01 Å². The van der Waals surface area contributed by atoms with Crippen LogP contribution in [-0.4, -0.2) is 24.5 Å². The van der Waals surface area contributed by atoms with Gasteiger partial charge in [-0.25, -0.2) is 18.2 Å². The maximum absolute atomic E-state index is 12.1. The number of benzene rings is 1. The number of aromatic nitrogens is 1. The Morgan fingerprint density at radius 1 is 1.45 bits per heavy atom. The molecule has 0 aliphatic carbocycles. The molecule has 20 heavy (non-hydrogen) atoms. The van der Waals surface area contributed by atoms with Crippen molar-refractivity contribution in [1.29, 1.82) is 0 Å². The molecule has 0 unspecified atom stereocenters. The van der Waals surface area contributed by atoms with Gasteiger partial charge in [0, 0.05) is 5.02 Å². The molecule has 0 aliphatic rings. The monoisotopic (exact) mass is 332 g/mol. The Morgan fingerprint density at radius 2 is 2.15 bits per heavy atom. The molecule has 6 nitrogen and oxygen atoms in total. The molecule has 0 saturated heterocycles. The normalized spacial score (nSPS) is 11.3. The van der Waals surface area contributed by atoms with E-state index in [-0.39, 0.29) is 20.5 Å². The lowest BCUT2D eigenvalue weighted by molar-refractivity contribution is 0.0698. The summed E-state index contributed by atoms with van der Waals surface area (Å²) in [6.45, 7) is 1.68. The van der Waals surface area contributed by atoms with E-state index in [1.54, 1.807) is 6.92 Å². The Morgan fingerprint density at radius 3 is 2.70 bits per heavy atom. The van der Waals surface area contributed by atoms with Gasteiger partial charge in [-0.1, -0.05) is 11.6 Å². The molecule has 1 heterocycles. The molecule has 0 fully saturated rings. The van der Waals surface area contributed by atoms with Crippen LogP contribution < -0.4 is 4.72 Å². The van der Waals surface area contributed by atoms with E-state index in [1.807, 2.05) is 0 Å². The number of carboxylic acids is 1. The van der Waals surface area contributed by atoms with Crippen LogP contribution in [0.25, 0.3) is 0 Å². The maximum atomic E-state index is 12.1. The van der Waals surface area contributed by atoms with Crippen LogP contribution in [0.2, 0.25) is 5.02 Å². The first kappa shape index (κ1) is 14.8. The highest BCUT2D eigenvalue weighted by Crippen LogP contribution is 2.25. The van der Waals surface area contributed by atoms with Crippen molar-refractivity contribution in [3.63, 3.8) is 0 Å². The van der Waals surface area contributed by atoms with Gasteiger partial charge in [0.1, 0.15) is 0 Å². The topological polar surface area (TPSA) is 96.4 Å². The fraction of sp³-hybridized carbons (Fsp3) is 0.0909. The van der Waals surface area contributed by atoms with Gasteiger partial charge in [-0.3, -0.25) is 4.72 Å². The molecule has 0 spiro atoms. The number of carboxylic acid groups (broad SMARTS) is 1. The second-order valence-corrected chi connectivity index (χ2v) is 7.38. The van der Waals surface area contributed by atoms with Gasteiger partial charge in [0.2, 0.25) is 0 Å². The Labute approximate surface area is 124 Å². The van der Waals surface area contributed by atoms with Crippen molar-refractivity contribution < 1.29 is 18.3 Å². The molecule has 9 heteroatoms. The van der Waals surface area contributed by atoms with E-state index < -0.39 is 16.0 Å². The summed E-state index contributed by atoms with van der Waals surface area (Å²) in [5.41, 5.74) is -0.268. The Balaban J connectivity index is 2.42. The summed E-state index contributed by atoms with van der Waals surface area (Å²) in [5.74, 6) is -1.27. The first-order valence-corrected chi connectivity index (χ1v) is 7.95. The molecule has 2 rings (SSSR count). The maximum Gasteiger partial charge on any atom is 0.337 e. The highest BCUT2D eigenvalue weighted by molar-refractivity contribution is 7.94. The number of hydrogen-bond donors (Lipinski definition) is 2. The van der Waals surface area contributed by atoms with Crippen LogP contribution in [0.15, 0.2) is 28.6 Å². The van der Waals surface area contributed by atoms with Crippen LogP contribution in [0.4, 0.5) is 5.69 Å². The predicted octanol–water partition coefficient (Wildman–Crippen LogP) is 2.60. The van der Waals surface area contributed by atoms with Gasteiger partial charge in [0.15, 0.2) is 4.21 Å². The zero-order valence-corrected chi connectivity index (χ0v) is 12.5. The van der Waals surface area contributed by atoms with Gasteiger partial charge >= 0.3 is 5.97 Å². The van der Waals surface area contributed by atoms with Crippen molar-refractivity contribution in [3.8, 4) is 0 Å². The number of carbonyl (C=O) groups is 1. The standard InChI is InChI=1S/C11H9ClN2O4S2/c1-6-13-5-10(19-6)20(17,18)14-9-3-2-7(12)4-8(9)11(15)16/h2-5,14H,1H3,(H,15,16). The van der Waals surface area contributed by atoms with E-state index >= 15 is 0 Å². The van der Waals surface area contributed by atoms with Gasteiger partial charge in [0.25, 0.3) is 10.0 Å². The zero-order chi connectivity index (χ0) is 14.9. The summed E-state index contributed by atoms with van der Waals surface area (Å²) >= 11 is 6.70. The number of rotatable bonds is 4. The van der Waals surface area contributed by atoms with Crippen LogP contribution in [0.1, 0.15) is 15.4 Å². The van der Waals surface area contributed by atoms with Crippen molar-refractivity contribution in [2.45, 2.75) is 11.1 Å². The number of aromatic carboxylic acids is 1. The summed E-state index contributed by atoms with van der Waals surface area (Å²) < 4.78 is 26.5. The lowest BCUT2D eigenvalue weighted by atomic mass is 10.2. The number of aryl methyl sites for hydroxylation is 1. The van der Waals surface area contributed by atoms with Gasteiger partial charge in [0.05, 0.1) is 22.5 Å². The molecular formula is C11H9ClN2O4S2. The van der Waals surface area contributed by atoms with E-state index in [2.05, 4.69) is 9.71 Å².